The molecule has 0 aromatic carbocycles. The molecule has 0 bridgehead atoms. The predicted molar refractivity (Wildman–Crippen MR) is 50.6 cm³/mol. The van der Waals surface area contributed by atoms with Crippen LogP contribution in [0, 0.1) is 11.3 Å². The van der Waals surface area contributed by atoms with E-state index >= 15 is 0 Å². The Kier molecular flexibility index (Phi) is 5.98. The average Bonchev–Trinajstić information content (AvgIpc) is 2.14. The maximum atomic E-state index is 11.8. The van der Waals surface area contributed by atoms with Crippen molar-refractivity contribution in [3.8, 4) is 6.07 Å². The fraction of sp³-hybridized carbons (Fsp3) is 0.875. The second kappa shape index (κ2) is 6.15. The molecule has 0 rings (SSSR count). The Morgan fingerprint density at radius 2 is 2.08 bits per heavy atom. The molecule has 0 saturated heterocycles. The summed E-state index contributed by atoms with van der Waals surface area (Å²) in [7, 11) is -3.19. The van der Waals surface area contributed by atoms with E-state index in [2.05, 4.69) is 0 Å². The van der Waals surface area contributed by atoms with E-state index in [1.54, 1.807) is 13.8 Å². The number of hydrogen-bond donors (Lipinski definition) is 0. The van der Waals surface area contributed by atoms with Gasteiger partial charge in [-0.1, -0.05) is 6.92 Å². The molecule has 2 unspecified atom stereocenters. The van der Waals surface area contributed by atoms with Crippen molar-refractivity contribution < 1.29 is 13.6 Å². The van der Waals surface area contributed by atoms with Gasteiger partial charge in [-0.15, -0.1) is 0 Å². The molecule has 0 fully saturated rings. The monoisotopic (exact) mass is 205 g/mol. The first kappa shape index (κ1) is 12.6. The lowest BCUT2D eigenvalue weighted by Gasteiger charge is -2.18. The zero-order chi connectivity index (χ0) is 10.3. The summed E-state index contributed by atoms with van der Waals surface area (Å²) in [6.45, 7) is 5.85. The van der Waals surface area contributed by atoms with Crippen molar-refractivity contribution >= 4 is 7.60 Å². The van der Waals surface area contributed by atoms with Crippen LogP contribution in [0.4, 0.5) is 0 Å². The largest absolute Gasteiger partial charge is 0.347 e. The summed E-state index contributed by atoms with van der Waals surface area (Å²) in [5.41, 5.74) is -0.695. The van der Waals surface area contributed by atoms with Crippen LogP contribution in [0.15, 0.2) is 0 Å². The summed E-state index contributed by atoms with van der Waals surface area (Å²) in [5.74, 6) is 0. The van der Waals surface area contributed by atoms with Gasteiger partial charge in [0.25, 0.3) is 0 Å². The molecule has 0 aliphatic heterocycles. The van der Waals surface area contributed by atoms with Gasteiger partial charge in [0.1, 0.15) is 5.66 Å². The fourth-order valence-electron chi connectivity index (χ4n) is 0.730. The first-order valence-electron chi connectivity index (χ1n) is 4.39. The van der Waals surface area contributed by atoms with Crippen LogP contribution in [0.25, 0.3) is 0 Å². The molecule has 0 N–H and O–H groups in total. The number of nitriles is 1. The molecule has 0 aliphatic rings. The summed E-state index contributed by atoms with van der Waals surface area (Å²) < 4.78 is 21.9. The Balaban J connectivity index is 4.35. The molecule has 0 aromatic heterocycles. The number of nitrogens with zero attached hydrogens (tertiary/aromatic N) is 1. The Morgan fingerprint density at radius 1 is 1.46 bits per heavy atom. The van der Waals surface area contributed by atoms with E-state index in [9.17, 15) is 4.57 Å². The minimum atomic E-state index is -3.19. The van der Waals surface area contributed by atoms with Crippen molar-refractivity contribution in [2.45, 2.75) is 32.9 Å². The van der Waals surface area contributed by atoms with E-state index in [1.807, 2.05) is 13.0 Å². The maximum Gasteiger partial charge on any atom is 0.347 e. The lowest BCUT2D eigenvalue weighted by molar-refractivity contribution is 0.209. The van der Waals surface area contributed by atoms with Crippen molar-refractivity contribution in [1.29, 1.82) is 5.26 Å². The van der Waals surface area contributed by atoms with Crippen molar-refractivity contribution in [2.75, 3.05) is 13.2 Å². The standard InChI is InChI=1S/C8H16NO3P/c1-4-6-12-13(10,11-5-2)8(3)7-9/h8H,4-6H2,1-3H3. The Bertz CT molecular complexity index is 224. The molecule has 5 heteroatoms. The van der Waals surface area contributed by atoms with Crippen molar-refractivity contribution in [2.24, 2.45) is 0 Å². The third-order valence-electron chi connectivity index (χ3n) is 1.45. The van der Waals surface area contributed by atoms with Crippen LogP contribution < -0.4 is 0 Å². The molecule has 0 aliphatic carbocycles. The van der Waals surface area contributed by atoms with Gasteiger partial charge >= 0.3 is 7.60 Å². The van der Waals surface area contributed by atoms with Crippen molar-refractivity contribution in [1.82, 2.24) is 0 Å². The van der Waals surface area contributed by atoms with Gasteiger partial charge in [0.15, 0.2) is 0 Å². The third kappa shape index (κ3) is 3.91. The van der Waals surface area contributed by atoms with Crippen LogP contribution in [0.2, 0.25) is 0 Å². The SMILES string of the molecule is CCCOP(=O)(OCC)C(C)C#N. The van der Waals surface area contributed by atoms with Gasteiger partial charge in [0.05, 0.1) is 19.3 Å². The van der Waals surface area contributed by atoms with E-state index in [1.165, 1.54) is 0 Å². The zero-order valence-corrected chi connectivity index (χ0v) is 9.21. The maximum absolute atomic E-state index is 11.8. The molecule has 0 aromatic rings. The van der Waals surface area contributed by atoms with Crippen LogP contribution in [-0.2, 0) is 13.6 Å². The quantitative estimate of drug-likeness (QED) is 0.625. The van der Waals surface area contributed by atoms with Crippen LogP contribution in [0.5, 0.6) is 0 Å². The summed E-state index contributed by atoms with van der Waals surface area (Å²) in [5, 5.41) is 8.61. The average molecular weight is 205 g/mol. The molecular formula is C8H16NO3P. The minimum Gasteiger partial charge on any atom is -0.308 e. The number of hydrogen-bond acceptors (Lipinski definition) is 4. The molecule has 0 heterocycles. The molecule has 0 radical (unpaired) electrons. The van der Waals surface area contributed by atoms with E-state index in [-0.39, 0.29) is 0 Å². The van der Waals surface area contributed by atoms with E-state index in [4.69, 9.17) is 14.3 Å². The predicted octanol–water partition coefficient (Wildman–Crippen LogP) is 2.55. The smallest absolute Gasteiger partial charge is 0.308 e. The van der Waals surface area contributed by atoms with Crippen molar-refractivity contribution in [3.63, 3.8) is 0 Å². The van der Waals surface area contributed by atoms with Crippen LogP contribution in [0.3, 0.4) is 0 Å². The van der Waals surface area contributed by atoms with E-state index < -0.39 is 13.3 Å². The topological polar surface area (TPSA) is 59.3 Å². The molecule has 4 nitrogen and oxygen atoms in total. The first-order chi connectivity index (χ1) is 6.10. The van der Waals surface area contributed by atoms with Crippen LogP contribution in [-0.4, -0.2) is 18.9 Å². The minimum absolute atomic E-state index is 0.299. The molecule has 13 heavy (non-hydrogen) atoms. The zero-order valence-electron chi connectivity index (χ0n) is 8.32. The molecule has 0 amide bonds. The fourth-order valence-corrected chi connectivity index (χ4v) is 2.19. The van der Waals surface area contributed by atoms with Gasteiger partial charge in [-0.2, -0.15) is 5.26 Å². The van der Waals surface area contributed by atoms with Crippen LogP contribution >= 0.6 is 7.60 Å². The van der Waals surface area contributed by atoms with Gasteiger partial charge in [-0.25, -0.2) is 0 Å². The molecule has 76 valence electrons. The molecule has 2 atom stereocenters. The second-order valence-corrected chi connectivity index (χ2v) is 4.97. The summed E-state index contributed by atoms with van der Waals surface area (Å²) in [6.07, 6.45) is 0.759. The Hall–Kier alpha value is -0.360. The number of rotatable bonds is 6. The highest BCUT2D eigenvalue weighted by Crippen LogP contribution is 2.52. The van der Waals surface area contributed by atoms with Gasteiger partial charge in [-0.3, -0.25) is 4.57 Å². The van der Waals surface area contributed by atoms with E-state index in [0.29, 0.717) is 13.2 Å². The van der Waals surface area contributed by atoms with Gasteiger partial charge < -0.3 is 9.05 Å². The summed E-state index contributed by atoms with van der Waals surface area (Å²) in [4.78, 5) is 0. The molecular weight excluding hydrogens is 189 g/mol. The Labute approximate surface area is 79.4 Å². The van der Waals surface area contributed by atoms with Crippen molar-refractivity contribution in [3.05, 3.63) is 0 Å². The van der Waals surface area contributed by atoms with Crippen LogP contribution in [0.1, 0.15) is 27.2 Å². The Morgan fingerprint density at radius 3 is 2.46 bits per heavy atom. The summed E-state index contributed by atoms with van der Waals surface area (Å²) in [6, 6.07) is 1.89. The van der Waals surface area contributed by atoms with E-state index in [0.717, 1.165) is 6.42 Å². The summed E-state index contributed by atoms with van der Waals surface area (Å²) >= 11 is 0. The second-order valence-electron chi connectivity index (χ2n) is 2.60. The van der Waals surface area contributed by atoms with Gasteiger partial charge in [0.2, 0.25) is 0 Å². The highest BCUT2D eigenvalue weighted by Gasteiger charge is 2.31. The highest BCUT2D eigenvalue weighted by molar-refractivity contribution is 7.54. The molecule has 0 spiro atoms. The normalized spacial score (nSPS) is 17.4. The lowest BCUT2D eigenvalue weighted by atomic mass is 10.5. The van der Waals surface area contributed by atoms with Gasteiger partial charge in [-0.05, 0) is 20.3 Å². The highest BCUT2D eigenvalue weighted by atomic mass is 31.2. The van der Waals surface area contributed by atoms with Gasteiger partial charge in [0, 0.05) is 0 Å². The lowest BCUT2D eigenvalue weighted by Crippen LogP contribution is -2.08. The third-order valence-corrected chi connectivity index (χ3v) is 3.67. The molecule has 0 saturated carbocycles. The first-order valence-corrected chi connectivity index (χ1v) is 6.00.